The van der Waals surface area contributed by atoms with Crippen LogP contribution in [0.25, 0.3) is 66.1 Å². The van der Waals surface area contributed by atoms with Gasteiger partial charge in [0.2, 0.25) is 0 Å². The van der Waals surface area contributed by atoms with Gasteiger partial charge in [-0.2, -0.15) is 0 Å². The molecule has 1 aliphatic carbocycles. The number of fused-ring (bicyclic) bond motifs is 7. The summed E-state index contributed by atoms with van der Waals surface area (Å²) >= 11 is 0. The Bertz CT molecular complexity index is 2760. The van der Waals surface area contributed by atoms with E-state index in [0.717, 1.165) is 50.1 Å². The normalized spacial score (nSPS) is 13.1. The summed E-state index contributed by atoms with van der Waals surface area (Å²) in [5.74, 6) is 0. The molecular formula is C49H35NO. The molecule has 8 aromatic carbocycles. The van der Waals surface area contributed by atoms with Crippen molar-refractivity contribution in [1.29, 1.82) is 0 Å². The molecule has 1 aliphatic rings. The molecule has 0 fully saturated rings. The minimum Gasteiger partial charge on any atom is -0.455 e. The van der Waals surface area contributed by atoms with Crippen LogP contribution in [0.2, 0.25) is 0 Å². The van der Waals surface area contributed by atoms with Gasteiger partial charge in [-0.3, -0.25) is 0 Å². The molecule has 242 valence electrons. The van der Waals surface area contributed by atoms with Crippen LogP contribution < -0.4 is 4.90 Å². The summed E-state index contributed by atoms with van der Waals surface area (Å²) in [6.45, 7) is 4.70. The lowest BCUT2D eigenvalue weighted by Crippen LogP contribution is -2.16. The van der Waals surface area contributed by atoms with E-state index in [1.54, 1.807) is 0 Å². The van der Waals surface area contributed by atoms with E-state index in [2.05, 4.69) is 195 Å². The van der Waals surface area contributed by atoms with E-state index in [1.165, 1.54) is 44.2 Å². The van der Waals surface area contributed by atoms with Crippen molar-refractivity contribution in [2.45, 2.75) is 19.3 Å². The Kier molecular flexibility index (Phi) is 6.56. The highest BCUT2D eigenvalue weighted by atomic mass is 16.3. The van der Waals surface area contributed by atoms with Crippen LogP contribution in [-0.2, 0) is 5.41 Å². The zero-order chi connectivity index (χ0) is 34.1. The van der Waals surface area contributed by atoms with Crippen molar-refractivity contribution in [2.24, 2.45) is 0 Å². The van der Waals surface area contributed by atoms with E-state index >= 15 is 0 Å². The van der Waals surface area contributed by atoms with E-state index in [-0.39, 0.29) is 5.41 Å². The molecule has 2 nitrogen and oxygen atoms in total. The molecule has 10 rings (SSSR count). The monoisotopic (exact) mass is 653 g/mol. The first kappa shape index (κ1) is 29.5. The molecule has 0 spiro atoms. The van der Waals surface area contributed by atoms with Crippen molar-refractivity contribution in [2.75, 3.05) is 4.90 Å². The van der Waals surface area contributed by atoms with Crippen LogP contribution in [0.4, 0.5) is 17.1 Å². The molecule has 1 aromatic heterocycles. The average molecular weight is 654 g/mol. The van der Waals surface area contributed by atoms with E-state index in [0.29, 0.717) is 0 Å². The molecule has 9 aromatic rings. The number of anilines is 3. The second-order valence-electron chi connectivity index (χ2n) is 14.2. The van der Waals surface area contributed by atoms with Crippen molar-refractivity contribution in [3.05, 3.63) is 187 Å². The van der Waals surface area contributed by atoms with Crippen molar-refractivity contribution in [3.63, 3.8) is 0 Å². The summed E-state index contributed by atoms with van der Waals surface area (Å²) in [7, 11) is 0. The third-order valence-electron chi connectivity index (χ3n) is 10.8. The van der Waals surface area contributed by atoms with Gasteiger partial charge in [-0.25, -0.2) is 0 Å². The molecular weight excluding hydrogens is 619 g/mol. The number of rotatable bonds is 5. The van der Waals surface area contributed by atoms with Gasteiger partial charge in [-0.05, 0) is 98.2 Å². The Morgan fingerprint density at radius 1 is 0.412 bits per heavy atom. The first-order chi connectivity index (χ1) is 25.0. The second-order valence-corrected chi connectivity index (χ2v) is 14.2. The molecule has 0 saturated carbocycles. The molecule has 0 aliphatic heterocycles. The zero-order valence-corrected chi connectivity index (χ0v) is 28.6. The third-order valence-corrected chi connectivity index (χ3v) is 10.8. The number of furan rings is 1. The van der Waals surface area contributed by atoms with Crippen LogP contribution in [0.1, 0.15) is 25.0 Å². The highest BCUT2D eigenvalue weighted by Crippen LogP contribution is 2.51. The fraction of sp³-hybridized carbons (Fsp3) is 0.0612. The lowest BCUT2D eigenvalue weighted by Gasteiger charge is -2.29. The number of hydrogen-bond acceptors (Lipinski definition) is 2. The second kappa shape index (κ2) is 11.3. The number of hydrogen-bond donors (Lipinski definition) is 0. The van der Waals surface area contributed by atoms with Crippen molar-refractivity contribution >= 4 is 49.8 Å². The number of benzene rings is 8. The fourth-order valence-corrected chi connectivity index (χ4v) is 8.22. The van der Waals surface area contributed by atoms with Crippen molar-refractivity contribution in [3.8, 4) is 33.4 Å². The summed E-state index contributed by atoms with van der Waals surface area (Å²) in [4.78, 5) is 2.42. The summed E-state index contributed by atoms with van der Waals surface area (Å²) in [6, 6.07) is 63.7. The lowest BCUT2D eigenvalue weighted by molar-refractivity contribution is 0.660. The van der Waals surface area contributed by atoms with Gasteiger partial charge in [0.25, 0.3) is 0 Å². The van der Waals surface area contributed by atoms with Gasteiger partial charge >= 0.3 is 0 Å². The molecule has 0 saturated heterocycles. The van der Waals surface area contributed by atoms with Crippen LogP contribution in [0.3, 0.4) is 0 Å². The molecule has 0 radical (unpaired) electrons. The standard InChI is InChI=1S/C49H35NO/c1-49(2)45-20-12-11-19-40(45)41-26-25-38(31-46(41)49)50(37-23-21-33(22-24-37)32-13-5-3-6-14-32)39-29-42(34-15-7-4-8-16-34)48-44(30-39)43-27-35-17-9-10-18-36(35)28-47(43)51-48/h3-31H,1-2H3. The Balaban J connectivity index is 1.23. The SMILES string of the molecule is CC1(C)c2ccccc2-c2ccc(N(c3ccc(-c4ccccc4)cc3)c3cc(-c4ccccc4)c4oc5cc6ccccc6cc5c4c3)cc21. The summed E-state index contributed by atoms with van der Waals surface area (Å²) in [6.07, 6.45) is 0. The average Bonchev–Trinajstić information content (AvgIpc) is 3.65. The minimum atomic E-state index is -0.119. The van der Waals surface area contributed by atoms with Crippen LogP contribution in [0.5, 0.6) is 0 Å². The highest BCUT2D eigenvalue weighted by molar-refractivity contribution is 6.14. The molecule has 0 bridgehead atoms. The van der Waals surface area contributed by atoms with Gasteiger partial charge < -0.3 is 9.32 Å². The van der Waals surface area contributed by atoms with Gasteiger partial charge in [0.05, 0.1) is 0 Å². The van der Waals surface area contributed by atoms with Crippen LogP contribution >= 0.6 is 0 Å². The quantitative estimate of drug-likeness (QED) is 0.184. The van der Waals surface area contributed by atoms with Crippen LogP contribution in [0.15, 0.2) is 180 Å². The van der Waals surface area contributed by atoms with Crippen LogP contribution in [0, 0.1) is 0 Å². The third kappa shape index (κ3) is 4.71. The molecule has 0 atom stereocenters. The smallest absolute Gasteiger partial charge is 0.143 e. The van der Waals surface area contributed by atoms with Gasteiger partial charge in [-0.1, -0.05) is 141 Å². The van der Waals surface area contributed by atoms with Gasteiger partial charge in [0.15, 0.2) is 0 Å². The van der Waals surface area contributed by atoms with E-state index in [4.69, 9.17) is 4.42 Å². The molecule has 0 unspecified atom stereocenters. The molecule has 2 heteroatoms. The largest absolute Gasteiger partial charge is 0.455 e. The highest BCUT2D eigenvalue weighted by Gasteiger charge is 2.35. The van der Waals surface area contributed by atoms with Gasteiger partial charge in [-0.15, -0.1) is 0 Å². The van der Waals surface area contributed by atoms with Gasteiger partial charge in [0.1, 0.15) is 11.2 Å². The topological polar surface area (TPSA) is 16.4 Å². The lowest BCUT2D eigenvalue weighted by atomic mass is 9.82. The maximum absolute atomic E-state index is 6.76. The van der Waals surface area contributed by atoms with E-state index < -0.39 is 0 Å². The molecule has 51 heavy (non-hydrogen) atoms. The van der Waals surface area contributed by atoms with Crippen LogP contribution in [-0.4, -0.2) is 0 Å². The maximum Gasteiger partial charge on any atom is 0.143 e. The summed E-state index contributed by atoms with van der Waals surface area (Å²) in [5.41, 5.74) is 14.9. The number of nitrogens with zero attached hydrogens (tertiary/aromatic N) is 1. The predicted molar refractivity (Wildman–Crippen MR) is 214 cm³/mol. The Hall–Kier alpha value is -6.38. The first-order valence-corrected chi connectivity index (χ1v) is 17.7. The predicted octanol–water partition coefficient (Wildman–Crippen LogP) is 13.8. The summed E-state index contributed by atoms with van der Waals surface area (Å²) < 4.78 is 6.76. The Morgan fingerprint density at radius 3 is 1.78 bits per heavy atom. The van der Waals surface area contributed by atoms with E-state index in [1.807, 2.05) is 0 Å². The zero-order valence-electron chi connectivity index (χ0n) is 28.6. The molecule has 1 heterocycles. The first-order valence-electron chi connectivity index (χ1n) is 17.7. The van der Waals surface area contributed by atoms with Crippen molar-refractivity contribution < 1.29 is 4.42 Å². The minimum absolute atomic E-state index is 0.119. The van der Waals surface area contributed by atoms with E-state index in [9.17, 15) is 0 Å². The molecule has 0 N–H and O–H groups in total. The fourth-order valence-electron chi connectivity index (χ4n) is 8.22. The van der Waals surface area contributed by atoms with Gasteiger partial charge in [0, 0.05) is 38.8 Å². The Labute approximate surface area is 297 Å². The maximum atomic E-state index is 6.76. The van der Waals surface area contributed by atoms with Crippen molar-refractivity contribution in [1.82, 2.24) is 0 Å². The summed E-state index contributed by atoms with van der Waals surface area (Å²) in [5, 5.41) is 4.60. The Morgan fingerprint density at radius 2 is 1.02 bits per heavy atom. The molecule has 0 amide bonds.